The summed E-state index contributed by atoms with van der Waals surface area (Å²) in [7, 11) is -3.86. The van der Waals surface area contributed by atoms with Crippen molar-refractivity contribution in [3.63, 3.8) is 0 Å². The molecule has 2 aromatic carbocycles. The second-order valence-electron chi connectivity index (χ2n) is 7.60. The van der Waals surface area contributed by atoms with Gasteiger partial charge in [0.1, 0.15) is 11.5 Å². The molecule has 2 N–H and O–H groups in total. The lowest BCUT2D eigenvalue weighted by molar-refractivity contribution is -0.123. The molecule has 2 aromatic rings. The van der Waals surface area contributed by atoms with Gasteiger partial charge in [0.05, 0.1) is 29.7 Å². The van der Waals surface area contributed by atoms with Gasteiger partial charge >= 0.3 is 0 Å². The molecule has 1 amide bonds. The van der Waals surface area contributed by atoms with Gasteiger partial charge in [-0.15, -0.1) is 0 Å². The standard InChI is InChI=1S/C23H30ClN3O6S/c1-2-32-19-6-4-18(5-7-19)26-34(29,30)20-8-9-22(21(24)16-20)33-17-23(28)25-10-3-11-27-12-14-31-15-13-27/h4-9,16,26H,2-3,10-15,17H2,1H3,(H,25,28). The normalized spacial score (nSPS) is 14.4. The minimum Gasteiger partial charge on any atom is -0.494 e. The molecule has 1 aliphatic heterocycles. The Labute approximate surface area is 205 Å². The van der Waals surface area contributed by atoms with E-state index in [1.54, 1.807) is 24.3 Å². The van der Waals surface area contributed by atoms with E-state index in [1.165, 1.54) is 18.2 Å². The number of sulfonamides is 1. The van der Waals surface area contributed by atoms with Crippen molar-refractivity contribution in [2.45, 2.75) is 18.2 Å². The Kier molecular flexibility index (Phi) is 9.82. The van der Waals surface area contributed by atoms with E-state index in [0.717, 1.165) is 39.3 Å². The zero-order valence-corrected chi connectivity index (χ0v) is 20.7. The van der Waals surface area contributed by atoms with Gasteiger partial charge in [-0.25, -0.2) is 8.42 Å². The zero-order chi connectivity index (χ0) is 24.4. The maximum absolute atomic E-state index is 12.7. The predicted octanol–water partition coefficient (Wildman–Crippen LogP) is 2.76. The van der Waals surface area contributed by atoms with Crippen LogP contribution in [0.15, 0.2) is 47.4 Å². The Morgan fingerprint density at radius 2 is 1.85 bits per heavy atom. The van der Waals surface area contributed by atoms with Crippen molar-refractivity contribution in [3.8, 4) is 11.5 Å². The van der Waals surface area contributed by atoms with Crippen LogP contribution in [0.5, 0.6) is 11.5 Å². The fourth-order valence-electron chi connectivity index (χ4n) is 3.32. The molecule has 0 aliphatic carbocycles. The van der Waals surface area contributed by atoms with Crippen molar-refractivity contribution in [2.75, 3.05) is 57.3 Å². The lowest BCUT2D eigenvalue weighted by Crippen LogP contribution is -2.38. The Hall–Kier alpha value is -2.53. The minimum absolute atomic E-state index is 0.0219. The highest BCUT2D eigenvalue weighted by atomic mass is 35.5. The van der Waals surface area contributed by atoms with Crippen molar-refractivity contribution in [2.24, 2.45) is 0 Å². The number of nitrogens with one attached hydrogen (secondary N) is 2. The van der Waals surface area contributed by atoms with Crippen LogP contribution in [-0.4, -0.2) is 71.8 Å². The van der Waals surface area contributed by atoms with Gasteiger partial charge in [-0.05, 0) is 62.4 Å². The number of carbonyl (C=O) groups is 1. The van der Waals surface area contributed by atoms with E-state index in [1.807, 2.05) is 6.92 Å². The van der Waals surface area contributed by atoms with Crippen LogP contribution in [0.1, 0.15) is 13.3 Å². The van der Waals surface area contributed by atoms with Crippen LogP contribution < -0.4 is 19.5 Å². The summed E-state index contributed by atoms with van der Waals surface area (Å²) in [6.07, 6.45) is 0.834. The van der Waals surface area contributed by atoms with E-state index in [0.29, 0.717) is 24.6 Å². The smallest absolute Gasteiger partial charge is 0.261 e. The topological polar surface area (TPSA) is 106 Å². The fraction of sp³-hybridized carbons (Fsp3) is 0.435. The highest BCUT2D eigenvalue weighted by Crippen LogP contribution is 2.28. The third-order valence-electron chi connectivity index (χ3n) is 5.07. The lowest BCUT2D eigenvalue weighted by atomic mass is 10.3. The molecule has 186 valence electrons. The summed E-state index contributed by atoms with van der Waals surface area (Å²) < 4.78 is 44.0. The Morgan fingerprint density at radius 3 is 2.53 bits per heavy atom. The molecule has 3 rings (SSSR count). The molecular weight excluding hydrogens is 482 g/mol. The first kappa shape index (κ1) is 26.1. The van der Waals surface area contributed by atoms with Crippen LogP contribution in [0, 0.1) is 0 Å². The van der Waals surface area contributed by atoms with Crippen LogP contribution in [0.25, 0.3) is 0 Å². The second-order valence-corrected chi connectivity index (χ2v) is 9.69. The van der Waals surface area contributed by atoms with E-state index in [9.17, 15) is 13.2 Å². The quantitative estimate of drug-likeness (QED) is 0.422. The van der Waals surface area contributed by atoms with Crippen LogP contribution in [0.4, 0.5) is 5.69 Å². The van der Waals surface area contributed by atoms with Crippen molar-refractivity contribution in [1.82, 2.24) is 10.2 Å². The highest BCUT2D eigenvalue weighted by molar-refractivity contribution is 7.92. The minimum atomic E-state index is -3.86. The van der Waals surface area contributed by atoms with Crippen molar-refractivity contribution in [3.05, 3.63) is 47.5 Å². The first-order valence-electron chi connectivity index (χ1n) is 11.1. The van der Waals surface area contributed by atoms with E-state index in [-0.39, 0.29) is 28.2 Å². The fourth-order valence-corrected chi connectivity index (χ4v) is 4.70. The molecule has 0 saturated carbocycles. The van der Waals surface area contributed by atoms with Crippen LogP contribution in [0.2, 0.25) is 5.02 Å². The van der Waals surface area contributed by atoms with E-state index < -0.39 is 10.0 Å². The van der Waals surface area contributed by atoms with Gasteiger partial charge in [-0.1, -0.05) is 11.6 Å². The Balaban J connectivity index is 1.46. The molecule has 0 spiro atoms. The van der Waals surface area contributed by atoms with Gasteiger partial charge in [-0.3, -0.25) is 14.4 Å². The molecule has 1 aliphatic rings. The van der Waals surface area contributed by atoms with Crippen LogP contribution in [0.3, 0.4) is 0 Å². The number of carbonyl (C=O) groups excluding carboxylic acids is 1. The molecule has 0 radical (unpaired) electrons. The summed E-state index contributed by atoms with van der Waals surface area (Å²) in [4.78, 5) is 14.3. The summed E-state index contributed by atoms with van der Waals surface area (Å²) in [5, 5.41) is 2.90. The van der Waals surface area contributed by atoms with Crippen molar-refractivity contribution >= 4 is 33.2 Å². The molecule has 1 fully saturated rings. The van der Waals surface area contributed by atoms with Crippen molar-refractivity contribution < 1.29 is 27.4 Å². The number of halogens is 1. The molecule has 9 nitrogen and oxygen atoms in total. The second kappa shape index (κ2) is 12.8. The number of ether oxygens (including phenoxy) is 3. The summed E-state index contributed by atoms with van der Waals surface area (Å²) in [5.41, 5.74) is 0.394. The largest absolute Gasteiger partial charge is 0.494 e. The third kappa shape index (κ3) is 8.05. The summed E-state index contributed by atoms with van der Waals surface area (Å²) in [6, 6.07) is 10.7. The first-order chi connectivity index (χ1) is 16.4. The zero-order valence-electron chi connectivity index (χ0n) is 19.1. The van der Waals surface area contributed by atoms with Crippen molar-refractivity contribution in [1.29, 1.82) is 0 Å². The summed E-state index contributed by atoms with van der Waals surface area (Å²) in [6.45, 7) is 6.94. The van der Waals surface area contributed by atoms with Gasteiger partial charge in [-0.2, -0.15) is 0 Å². The molecule has 0 unspecified atom stereocenters. The number of benzene rings is 2. The molecule has 0 bridgehead atoms. The van der Waals surface area contributed by atoms with E-state index in [4.69, 9.17) is 25.8 Å². The van der Waals surface area contributed by atoms with Gasteiger partial charge in [0.15, 0.2) is 6.61 Å². The average molecular weight is 512 g/mol. The molecule has 11 heteroatoms. The monoisotopic (exact) mass is 511 g/mol. The highest BCUT2D eigenvalue weighted by Gasteiger charge is 2.17. The number of anilines is 1. The number of nitrogens with zero attached hydrogens (tertiary/aromatic N) is 1. The third-order valence-corrected chi connectivity index (χ3v) is 6.74. The van der Waals surface area contributed by atoms with E-state index >= 15 is 0 Å². The van der Waals surface area contributed by atoms with Gasteiger partial charge in [0, 0.05) is 25.3 Å². The SMILES string of the molecule is CCOc1ccc(NS(=O)(=O)c2ccc(OCC(=O)NCCCN3CCOCC3)c(Cl)c2)cc1. The molecule has 1 heterocycles. The Bertz CT molecular complexity index is 1040. The van der Waals surface area contributed by atoms with E-state index in [2.05, 4.69) is 14.9 Å². The van der Waals surface area contributed by atoms with Gasteiger partial charge < -0.3 is 19.5 Å². The average Bonchev–Trinajstić information content (AvgIpc) is 2.83. The van der Waals surface area contributed by atoms with Crippen LogP contribution >= 0.6 is 11.6 Å². The molecule has 34 heavy (non-hydrogen) atoms. The van der Waals surface area contributed by atoms with Gasteiger partial charge in [0.25, 0.3) is 15.9 Å². The summed E-state index contributed by atoms with van der Waals surface area (Å²) in [5.74, 6) is 0.605. The number of hydrogen-bond donors (Lipinski definition) is 2. The molecule has 1 saturated heterocycles. The first-order valence-corrected chi connectivity index (χ1v) is 13.0. The summed E-state index contributed by atoms with van der Waals surface area (Å²) >= 11 is 6.21. The number of rotatable bonds is 12. The molecule has 0 aromatic heterocycles. The molecular formula is C23H30ClN3O6S. The predicted molar refractivity (Wildman–Crippen MR) is 130 cm³/mol. The lowest BCUT2D eigenvalue weighted by Gasteiger charge is -2.26. The van der Waals surface area contributed by atoms with Crippen LogP contribution in [-0.2, 0) is 19.6 Å². The number of amides is 1. The molecule has 0 atom stereocenters. The number of hydrogen-bond acceptors (Lipinski definition) is 7. The maximum Gasteiger partial charge on any atom is 0.261 e. The van der Waals surface area contributed by atoms with Gasteiger partial charge in [0.2, 0.25) is 0 Å². The maximum atomic E-state index is 12.7. The Morgan fingerprint density at radius 1 is 1.12 bits per heavy atom. The number of morpholine rings is 1.